The molecule has 0 N–H and O–H groups in total. The van der Waals surface area contributed by atoms with Gasteiger partial charge >= 0.3 is 0 Å². The molecule has 2 aromatic carbocycles. The predicted octanol–water partition coefficient (Wildman–Crippen LogP) is 6.16. The minimum absolute atomic E-state index is 0.0423. The van der Waals surface area contributed by atoms with Gasteiger partial charge in [0.25, 0.3) is 0 Å². The van der Waals surface area contributed by atoms with Crippen LogP contribution in [0.3, 0.4) is 0 Å². The van der Waals surface area contributed by atoms with Crippen molar-refractivity contribution in [2.75, 3.05) is 56.7 Å². The number of benzene rings is 2. The van der Waals surface area contributed by atoms with Gasteiger partial charge in [-0.15, -0.1) is 11.3 Å². The number of thiazole rings is 1. The summed E-state index contributed by atoms with van der Waals surface area (Å²) in [6.07, 6.45) is 3.53. The summed E-state index contributed by atoms with van der Waals surface area (Å²) < 4.78 is 45.0. The number of aromatic nitrogens is 7. The highest BCUT2D eigenvalue weighted by molar-refractivity contribution is 7.13. The molecule has 6 aromatic rings. The number of ether oxygens (including phenoxy) is 2. The van der Waals surface area contributed by atoms with Gasteiger partial charge in [-0.1, -0.05) is 31.8 Å². The van der Waals surface area contributed by atoms with E-state index in [9.17, 15) is 4.39 Å². The van der Waals surface area contributed by atoms with Crippen molar-refractivity contribution < 1.29 is 18.3 Å². The summed E-state index contributed by atoms with van der Waals surface area (Å²) in [5.74, 6) is 0.405. The van der Waals surface area contributed by atoms with Gasteiger partial charge in [0.15, 0.2) is 17.3 Å². The lowest BCUT2D eigenvalue weighted by Gasteiger charge is -2.33. The van der Waals surface area contributed by atoms with E-state index < -0.39 is 19.7 Å². The van der Waals surface area contributed by atoms with Gasteiger partial charge < -0.3 is 28.7 Å². The van der Waals surface area contributed by atoms with Crippen molar-refractivity contribution in [2.24, 2.45) is 0 Å². The van der Waals surface area contributed by atoms with E-state index in [4.69, 9.17) is 29.5 Å². The average molecular weight is 733 g/mol. The number of imidazole rings is 1. The van der Waals surface area contributed by atoms with Crippen LogP contribution in [0.1, 0.15) is 11.4 Å². The number of anilines is 2. The van der Waals surface area contributed by atoms with E-state index in [0.717, 1.165) is 60.2 Å². The Hall–Kier alpha value is -4.51. The van der Waals surface area contributed by atoms with Crippen LogP contribution in [0.15, 0.2) is 54.2 Å². The number of fused-ring (bicyclic) bond motifs is 2. The van der Waals surface area contributed by atoms with E-state index in [1.54, 1.807) is 30.1 Å². The molecule has 16 heteroatoms. The normalized spacial score (nSPS) is 14.2. The second-order valence-corrected chi connectivity index (χ2v) is 20.5. The molecule has 0 amide bonds. The summed E-state index contributed by atoms with van der Waals surface area (Å²) >= 11 is 1.52. The first-order chi connectivity index (χ1) is 24.6. The molecule has 0 bridgehead atoms. The first-order valence-corrected chi connectivity index (χ1v) is 21.5. The molecular formula is C35H42F2N10O2SSi. The maximum absolute atomic E-state index is 15.3. The lowest BCUT2D eigenvalue weighted by atomic mass is 10.2. The van der Waals surface area contributed by atoms with Crippen molar-refractivity contribution in [1.82, 2.24) is 39.0 Å². The molecule has 5 heterocycles. The molecule has 51 heavy (non-hydrogen) atoms. The third-order valence-electron chi connectivity index (χ3n) is 9.04. The monoisotopic (exact) mass is 732 g/mol. The minimum atomic E-state index is -1.36. The van der Waals surface area contributed by atoms with Crippen LogP contribution in [-0.2, 0) is 24.6 Å². The van der Waals surface area contributed by atoms with Crippen LogP contribution in [0.2, 0.25) is 25.7 Å². The van der Waals surface area contributed by atoms with Crippen LogP contribution >= 0.6 is 11.3 Å². The molecule has 1 saturated heterocycles. The molecule has 0 radical (unpaired) electrons. The van der Waals surface area contributed by atoms with Gasteiger partial charge in [0.05, 0.1) is 30.9 Å². The highest BCUT2D eigenvalue weighted by Gasteiger charge is 2.27. The van der Waals surface area contributed by atoms with Gasteiger partial charge in [-0.25, -0.2) is 18.7 Å². The van der Waals surface area contributed by atoms with Crippen molar-refractivity contribution in [2.45, 2.75) is 45.5 Å². The Bertz CT molecular complexity index is 2110. The lowest BCUT2D eigenvalue weighted by Crippen LogP contribution is -2.45. The van der Waals surface area contributed by atoms with Crippen LogP contribution in [0.25, 0.3) is 27.3 Å². The molecule has 7 rings (SSSR count). The summed E-state index contributed by atoms with van der Waals surface area (Å²) in [4.78, 5) is 26.0. The summed E-state index contributed by atoms with van der Waals surface area (Å²) in [6, 6.07) is 11.5. The van der Waals surface area contributed by atoms with Crippen LogP contribution in [0.5, 0.6) is 5.75 Å². The highest BCUT2D eigenvalue weighted by Crippen LogP contribution is 2.31. The zero-order chi connectivity index (χ0) is 35.7. The fraction of sp³-hybridized carbons (Fsp3) is 0.400. The Kier molecular flexibility index (Phi) is 10.0. The van der Waals surface area contributed by atoms with Crippen molar-refractivity contribution in [1.29, 1.82) is 0 Å². The number of rotatable bonds is 13. The lowest BCUT2D eigenvalue weighted by molar-refractivity contribution is 0.0878. The van der Waals surface area contributed by atoms with Gasteiger partial charge in [-0.3, -0.25) is 0 Å². The smallest absolute Gasteiger partial charge is 0.232 e. The zero-order valence-corrected chi connectivity index (χ0v) is 31.3. The van der Waals surface area contributed by atoms with Gasteiger partial charge in [-0.05, 0) is 42.9 Å². The fourth-order valence-electron chi connectivity index (χ4n) is 6.01. The molecule has 0 saturated carbocycles. The predicted molar refractivity (Wildman–Crippen MR) is 198 cm³/mol. The SMILES string of the molecule is COc1ccc(CN(Cc2nc3c(F)c(F)ccc3n2COCC[Si](C)(C)C)c2nc(N3CCN(C)CC3)nc3c(-c4nccs4)cnn23)cc1. The van der Waals surface area contributed by atoms with Crippen LogP contribution in [0, 0.1) is 11.6 Å². The number of methoxy groups -OCH3 is 1. The molecule has 0 spiro atoms. The Balaban J connectivity index is 1.36. The molecule has 1 aliphatic heterocycles. The summed E-state index contributed by atoms with van der Waals surface area (Å²) in [6.45, 7) is 11.4. The van der Waals surface area contributed by atoms with Gasteiger partial charge in [-0.2, -0.15) is 19.6 Å². The van der Waals surface area contributed by atoms with Crippen molar-refractivity contribution in [3.8, 4) is 16.3 Å². The van der Waals surface area contributed by atoms with E-state index in [2.05, 4.69) is 41.5 Å². The summed E-state index contributed by atoms with van der Waals surface area (Å²) in [7, 11) is 2.38. The quantitative estimate of drug-likeness (QED) is 0.102. The number of hydrogen-bond donors (Lipinski definition) is 0. The topological polar surface area (TPSA) is 102 Å². The van der Waals surface area contributed by atoms with E-state index >= 15 is 4.39 Å². The Labute approximate surface area is 300 Å². The highest BCUT2D eigenvalue weighted by atomic mass is 32.1. The minimum Gasteiger partial charge on any atom is -0.497 e. The molecule has 0 aliphatic carbocycles. The van der Waals surface area contributed by atoms with E-state index in [-0.39, 0.29) is 18.8 Å². The number of nitrogens with zero attached hydrogens (tertiary/aromatic N) is 10. The number of likely N-dealkylation sites (N-methyl/N-ethyl adjacent to an activating group) is 1. The second kappa shape index (κ2) is 14.6. The molecule has 0 unspecified atom stereocenters. The van der Waals surface area contributed by atoms with Gasteiger partial charge in [0.1, 0.15) is 28.8 Å². The molecule has 4 aromatic heterocycles. The van der Waals surface area contributed by atoms with Crippen molar-refractivity contribution >= 4 is 48.0 Å². The van der Waals surface area contributed by atoms with Crippen LogP contribution < -0.4 is 14.5 Å². The Morgan fingerprint density at radius 1 is 0.961 bits per heavy atom. The standard InChI is InChI=1S/C35H42F2N10O2SSi/c1-43-13-15-44(16-14-43)34-41-32-26(33-38-12-18-50-33)20-39-47(32)35(42-34)45(21-24-6-8-25(48-2)9-7-24)22-29-40-31-28(11-10-27(36)30(31)37)46(29)23-49-17-19-51(3,4)5/h6-12,18,20H,13-17,19,21-23H2,1-5H3. The molecule has 1 fully saturated rings. The molecule has 12 nitrogen and oxygen atoms in total. The maximum Gasteiger partial charge on any atom is 0.232 e. The van der Waals surface area contributed by atoms with E-state index in [1.807, 2.05) is 39.1 Å². The van der Waals surface area contributed by atoms with E-state index in [0.29, 0.717) is 42.0 Å². The second-order valence-electron chi connectivity index (χ2n) is 14.0. The van der Waals surface area contributed by atoms with Crippen molar-refractivity contribution in [3.63, 3.8) is 0 Å². The average Bonchev–Trinajstić information content (AvgIpc) is 3.87. The van der Waals surface area contributed by atoms with Gasteiger partial charge in [0.2, 0.25) is 11.9 Å². The van der Waals surface area contributed by atoms with Crippen LogP contribution in [-0.4, -0.2) is 94.0 Å². The van der Waals surface area contributed by atoms with Crippen LogP contribution in [0.4, 0.5) is 20.7 Å². The Morgan fingerprint density at radius 3 is 2.45 bits per heavy atom. The maximum atomic E-state index is 15.3. The molecule has 0 atom stereocenters. The third-order valence-corrected chi connectivity index (χ3v) is 11.6. The number of piperazine rings is 1. The first-order valence-electron chi connectivity index (χ1n) is 17.0. The van der Waals surface area contributed by atoms with Crippen molar-refractivity contribution in [3.05, 3.63) is 77.2 Å². The number of halogens is 2. The Morgan fingerprint density at radius 2 is 1.75 bits per heavy atom. The zero-order valence-electron chi connectivity index (χ0n) is 29.5. The molecular weight excluding hydrogens is 691 g/mol. The first kappa shape index (κ1) is 34.9. The number of hydrogen-bond acceptors (Lipinski definition) is 11. The summed E-state index contributed by atoms with van der Waals surface area (Å²) in [5, 5.41) is 7.52. The molecule has 1 aliphatic rings. The summed E-state index contributed by atoms with van der Waals surface area (Å²) in [5.41, 5.74) is 2.81. The largest absolute Gasteiger partial charge is 0.497 e. The van der Waals surface area contributed by atoms with Gasteiger partial charge in [0, 0.05) is 59.0 Å². The molecule has 268 valence electrons. The third kappa shape index (κ3) is 7.59. The van der Waals surface area contributed by atoms with E-state index in [1.165, 1.54) is 11.3 Å². The fourth-order valence-corrected chi connectivity index (χ4v) is 7.41.